The lowest BCUT2D eigenvalue weighted by Gasteiger charge is -2.32. The zero-order chi connectivity index (χ0) is 18.2. The van der Waals surface area contributed by atoms with Gasteiger partial charge in [0.25, 0.3) is 0 Å². The molecule has 1 aliphatic heterocycles. The Morgan fingerprint density at radius 2 is 1.60 bits per heavy atom. The van der Waals surface area contributed by atoms with Crippen molar-refractivity contribution in [2.75, 3.05) is 5.32 Å². The van der Waals surface area contributed by atoms with E-state index >= 15 is 0 Å². The molecule has 0 spiro atoms. The lowest BCUT2D eigenvalue weighted by atomic mass is 9.79. The second-order valence-electron chi connectivity index (χ2n) is 7.34. The van der Waals surface area contributed by atoms with Gasteiger partial charge >= 0.3 is 7.12 Å². The van der Waals surface area contributed by atoms with E-state index in [-0.39, 0.29) is 24.1 Å². The monoisotopic (exact) mass is 361 g/mol. The Morgan fingerprint density at radius 1 is 1.00 bits per heavy atom. The first-order chi connectivity index (χ1) is 11.7. The number of nitrogens with one attached hydrogen (secondary N) is 1. The van der Waals surface area contributed by atoms with Crippen molar-refractivity contribution in [3.63, 3.8) is 0 Å². The predicted octanol–water partition coefficient (Wildman–Crippen LogP) is 4.39. The van der Waals surface area contributed by atoms with Crippen LogP contribution in [0.5, 0.6) is 0 Å². The molecule has 0 saturated carbocycles. The number of rotatable bonds is 4. The Morgan fingerprint density at radius 3 is 2.16 bits per heavy atom. The van der Waals surface area contributed by atoms with E-state index in [1.54, 1.807) is 6.07 Å². The molecule has 132 valence electrons. The number of hydrogen-bond donors (Lipinski definition) is 1. The van der Waals surface area contributed by atoms with E-state index in [1.165, 1.54) is 12.1 Å². The molecule has 3 rings (SSSR count). The third kappa shape index (κ3) is 4.00. The van der Waals surface area contributed by atoms with Crippen LogP contribution in [0.3, 0.4) is 0 Å². The van der Waals surface area contributed by atoms with Gasteiger partial charge in [-0.3, -0.25) is 0 Å². The standard InChI is InChI=1S/C19H22BClFNO2/c1-18(2)19(3,4)25-20(24-18)14-5-7-17(8-6-14)23-12-13-9-15(21)11-16(22)10-13/h5-11,23H,12H2,1-4H3. The quantitative estimate of drug-likeness (QED) is 0.819. The summed E-state index contributed by atoms with van der Waals surface area (Å²) in [5.41, 5.74) is 1.98. The molecule has 25 heavy (non-hydrogen) atoms. The van der Waals surface area contributed by atoms with Crippen LogP contribution in [0.1, 0.15) is 33.3 Å². The maximum Gasteiger partial charge on any atom is 0.494 e. The van der Waals surface area contributed by atoms with Crippen molar-refractivity contribution < 1.29 is 13.7 Å². The topological polar surface area (TPSA) is 30.5 Å². The summed E-state index contributed by atoms with van der Waals surface area (Å²) in [7, 11) is -0.374. The van der Waals surface area contributed by atoms with E-state index in [4.69, 9.17) is 20.9 Å². The first-order valence-electron chi connectivity index (χ1n) is 8.31. The normalized spacial score (nSPS) is 18.4. The highest BCUT2D eigenvalue weighted by Crippen LogP contribution is 2.36. The van der Waals surface area contributed by atoms with Crippen LogP contribution >= 0.6 is 11.6 Å². The maximum atomic E-state index is 13.4. The largest absolute Gasteiger partial charge is 0.494 e. The van der Waals surface area contributed by atoms with Gasteiger partial charge in [0, 0.05) is 17.3 Å². The molecule has 0 amide bonds. The second-order valence-corrected chi connectivity index (χ2v) is 7.78. The molecule has 2 aromatic rings. The van der Waals surface area contributed by atoms with E-state index in [2.05, 4.69) is 5.32 Å². The molecular weight excluding hydrogens is 339 g/mol. The van der Waals surface area contributed by atoms with E-state index in [1.807, 2.05) is 52.0 Å². The Labute approximate surface area is 153 Å². The molecule has 1 saturated heterocycles. The van der Waals surface area contributed by atoms with Crippen molar-refractivity contribution in [3.05, 3.63) is 58.9 Å². The third-order valence-corrected chi connectivity index (χ3v) is 5.07. The summed E-state index contributed by atoms with van der Waals surface area (Å²) in [5.74, 6) is -0.333. The van der Waals surface area contributed by atoms with Gasteiger partial charge in [-0.05, 0) is 69.1 Å². The maximum absolute atomic E-state index is 13.4. The first-order valence-corrected chi connectivity index (χ1v) is 8.68. The number of hydrogen-bond acceptors (Lipinski definition) is 3. The van der Waals surface area contributed by atoms with Gasteiger partial charge in [0.05, 0.1) is 11.2 Å². The van der Waals surface area contributed by atoms with E-state index in [9.17, 15) is 4.39 Å². The van der Waals surface area contributed by atoms with Crippen LogP contribution in [-0.4, -0.2) is 18.3 Å². The molecular formula is C19H22BClFNO2. The van der Waals surface area contributed by atoms with E-state index in [0.717, 1.165) is 16.7 Å². The molecule has 0 radical (unpaired) electrons. The molecule has 1 fully saturated rings. The highest BCUT2D eigenvalue weighted by molar-refractivity contribution is 6.62. The summed E-state index contributed by atoms with van der Waals surface area (Å²) >= 11 is 5.88. The summed E-state index contributed by atoms with van der Waals surface area (Å²) in [5, 5.41) is 3.65. The van der Waals surface area contributed by atoms with Crippen LogP contribution in [0.4, 0.5) is 10.1 Å². The fourth-order valence-electron chi connectivity index (χ4n) is 2.65. The van der Waals surface area contributed by atoms with Crippen LogP contribution in [0, 0.1) is 5.82 Å². The SMILES string of the molecule is CC1(C)OB(c2ccc(NCc3cc(F)cc(Cl)c3)cc2)OC1(C)C. The Bertz CT molecular complexity index is 728. The first kappa shape index (κ1) is 18.2. The fraction of sp³-hybridized carbons (Fsp3) is 0.368. The molecule has 1 heterocycles. The summed E-state index contributed by atoms with van der Waals surface area (Å²) in [6.07, 6.45) is 0. The van der Waals surface area contributed by atoms with Crippen LogP contribution < -0.4 is 10.8 Å². The van der Waals surface area contributed by atoms with Crippen molar-refractivity contribution in [1.82, 2.24) is 0 Å². The molecule has 0 unspecified atom stereocenters. The summed E-state index contributed by atoms with van der Waals surface area (Å²) in [6.45, 7) is 8.63. The van der Waals surface area contributed by atoms with Gasteiger partial charge < -0.3 is 14.6 Å². The molecule has 3 nitrogen and oxygen atoms in total. The lowest BCUT2D eigenvalue weighted by molar-refractivity contribution is 0.00578. The van der Waals surface area contributed by atoms with Gasteiger partial charge in [0.2, 0.25) is 0 Å². The Balaban J connectivity index is 1.65. The van der Waals surface area contributed by atoms with Crippen molar-refractivity contribution in [1.29, 1.82) is 0 Å². The predicted molar refractivity (Wildman–Crippen MR) is 101 cm³/mol. The highest BCUT2D eigenvalue weighted by Gasteiger charge is 2.51. The molecule has 0 aromatic heterocycles. The van der Waals surface area contributed by atoms with E-state index < -0.39 is 0 Å². The van der Waals surface area contributed by atoms with Crippen molar-refractivity contribution in [3.8, 4) is 0 Å². The number of halogens is 2. The minimum absolute atomic E-state index is 0.333. The molecule has 0 bridgehead atoms. The minimum Gasteiger partial charge on any atom is -0.399 e. The van der Waals surface area contributed by atoms with Gasteiger partial charge in [-0.15, -0.1) is 0 Å². The van der Waals surface area contributed by atoms with Crippen molar-refractivity contribution in [2.45, 2.75) is 45.4 Å². The lowest BCUT2D eigenvalue weighted by Crippen LogP contribution is -2.41. The van der Waals surface area contributed by atoms with Crippen LogP contribution in [0.15, 0.2) is 42.5 Å². The van der Waals surface area contributed by atoms with Crippen molar-refractivity contribution >= 4 is 29.9 Å². The molecule has 1 aliphatic rings. The molecule has 0 atom stereocenters. The smallest absolute Gasteiger partial charge is 0.399 e. The summed E-state index contributed by atoms with van der Waals surface area (Å²) in [4.78, 5) is 0. The second kappa shape index (κ2) is 6.63. The molecule has 1 N–H and O–H groups in total. The molecule has 0 aliphatic carbocycles. The van der Waals surface area contributed by atoms with Gasteiger partial charge in [0.1, 0.15) is 5.82 Å². The Hall–Kier alpha value is -1.56. The zero-order valence-corrected chi connectivity index (χ0v) is 15.7. The third-order valence-electron chi connectivity index (χ3n) is 4.86. The molecule has 6 heteroatoms. The highest BCUT2D eigenvalue weighted by atomic mass is 35.5. The minimum atomic E-state index is -0.374. The van der Waals surface area contributed by atoms with E-state index in [0.29, 0.717) is 11.6 Å². The van der Waals surface area contributed by atoms with Gasteiger partial charge in [-0.1, -0.05) is 23.7 Å². The number of benzene rings is 2. The van der Waals surface area contributed by atoms with Gasteiger partial charge in [0.15, 0.2) is 0 Å². The van der Waals surface area contributed by atoms with Crippen LogP contribution in [-0.2, 0) is 15.9 Å². The summed E-state index contributed by atoms with van der Waals surface area (Å²) < 4.78 is 25.5. The van der Waals surface area contributed by atoms with Crippen LogP contribution in [0.25, 0.3) is 0 Å². The van der Waals surface area contributed by atoms with Gasteiger partial charge in [-0.25, -0.2) is 4.39 Å². The van der Waals surface area contributed by atoms with Crippen LogP contribution in [0.2, 0.25) is 5.02 Å². The number of anilines is 1. The fourth-order valence-corrected chi connectivity index (χ4v) is 2.90. The average molecular weight is 362 g/mol. The molecule has 2 aromatic carbocycles. The zero-order valence-electron chi connectivity index (χ0n) is 14.9. The van der Waals surface area contributed by atoms with Crippen molar-refractivity contribution in [2.24, 2.45) is 0 Å². The Kier molecular flexibility index (Phi) is 4.84. The average Bonchev–Trinajstić information content (AvgIpc) is 2.73. The van der Waals surface area contributed by atoms with Gasteiger partial charge in [-0.2, -0.15) is 0 Å². The summed E-state index contributed by atoms with van der Waals surface area (Å²) in [6, 6.07) is 12.4.